The second kappa shape index (κ2) is 9.75. The van der Waals surface area contributed by atoms with Gasteiger partial charge in [0.05, 0.1) is 24.7 Å². The highest BCUT2D eigenvalue weighted by Gasteiger charge is 2.19. The molecule has 0 fully saturated rings. The van der Waals surface area contributed by atoms with Gasteiger partial charge >= 0.3 is 0 Å². The van der Waals surface area contributed by atoms with Crippen molar-refractivity contribution in [2.75, 3.05) is 0 Å². The summed E-state index contributed by atoms with van der Waals surface area (Å²) in [5.41, 5.74) is 3.66. The van der Waals surface area contributed by atoms with Crippen molar-refractivity contribution in [2.24, 2.45) is 0 Å². The summed E-state index contributed by atoms with van der Waals surface area (Å²) in [6.45, 7) is 0. The molecule has 0 N–H and O–H groups in total. The Morgan fingerprint density at radius 3 is 1.75 bits per heavy atom. The minimum atomic E-state index is -0.613. The Hall–Kier alpha value is -6.07. The standard InChI is InChI=1S/C39H24N4O/c1-3-12-25(13-4-1)37-40-38(26-14-5-2-6-15-26)42-39(41-37)30-18-11-21-35-36(30)31-24-27(22-23-34(31)44-35)43-32-19-9-7-16-28(32)29-17-8-10-20-33(29)43/h1-24H/i1D,2D,3D,4D,5D,6D,12D,13D,14D,15D. The van der Waals surface area contributed by atoms with E-state index in [0.29, 0.717) is 27.5 Å². The van der Waals surface area contributed by atoms with Gasteiger partial charge < -0.3 is 8.98 Å². The summed E-state index contributed by atoms with van der Waals surface area (Å²) in [5, 5.41) is 3.49. The van der Waals surface area contributed by atoms with Crippen LogP contribution in [-0.4, -0.2) is 19.5 Å². The zero-order chi connectivity index (χ0) is 37.7. The molecular weight excluding hydrogens is 540 g/mol. The fourth-order valence-electron chi connectivity index (χ4n) is 5.78. The van der Waals surface area contributed by atoms with Crippen LogP contribution in [0.15, 0.2) is 150 Å². The lowest BCUT2D eigenvalue weighted by molar-refractivity contribution is 0.669. The van der Waals surface area contributed by atoms with E-state index in [4.69, 9.17) is 18.1 Å². The zero-order valence-electron chi connectivity index (χ0n) is 32.8. The molecule has 5 heteroatoms. The largest absolute Gasteiger partial charge is 0.456 e. The lowest BCUT2D eigenvalue weighted by Gasteiger charge is -2.10. The average molecular weight is 575 g/mol. The lowest BCUT2D eigenvalue weighted by atomic mass is 10.0. The molecule has 6 aromatic carbocycles. The molecule has 44 heavy (non-hydrogen) atoms. The highest BCUT2D eigenvalue weighted by Crippen LogP contribution is 2.39. The number of furan rings is 1. The summed E-state index contributed by atoms with van der Waals surface area (Å²) in [6.07, 6.45) is 0. The normalized spacial score (nSPS) is 14.8. The van der Waals surface area contributed by atoms with Crippen LogP contribution in [0.5, 0.6) is 0 Å². The predicted octanol–water partition coefficient (Wildman–Crippen LogP) is 9.87. The van der Waals surface area contributed by atoms with E-state index < -0.39 is 60.4 Å². The summed E-state index contributed by atoms with van der Waals surface area (Å²) in [5.74, 6) is -0.714. The molecule has 0 aliphatic rings. The molecule has 0 aliphatic carbocycles. The highest BCUT2D eigenvalue weighted by atomic mass is 16.3. The summed E-state index contributed by atoms with van der Waals surface area (Å²) < 4.78 is 92.6. The number of hydrogen-bond donors (Lipinski definition) is 0. The Morgan fingerprint density at radius 1 is 0.523 bits per heavy atom. The first kappa shape index (κ1) is 16.5. The van der Waals surface area contributed by atoms with Crippen LogP contribution >= 0.6 is 0 Å². The number of hydrogen-bond acceptors (Lipinski definition) is 4. The third kappa shape index (κ3) is 3.83. The molecule has 3 aromatic heterocycles. The van der Waals surface area contributed by atoms with Crippen LogP contribution in [0, 0.1) is 0 Å². The maximum Gasteiger partial charge on any atom is 0.164 e. The molecule has 0 unspecified atom stereocenters. The van der Waals surface area contributed by atoms with Crippen molar-refractivity contribution in [3.8, 4) is 39.9 Å². The quantitative estimate of drug-likeness (QED) is 0.210. The van der Waals surface area contributed by atoms with Crippen molar-refractivity contribution < 1.29 is 18.1 Å². The molecule has 0 spiro atoms. The Balaban J connectivity index is 1.36. The van der Waals surface area contributed by atoms with Gasteiger partial charge in [0, 0.05) is 43.9 Å². The molecule has 0 radical (unpaired) electrons. The number of aromatic nitrogens is 4. The number of benzene rings is 6. The zero-order valence-corrected chi connectivity index (χ0v) is 22.8. The molecule has 0 amide bonds. The number of fused-ring (bicyclic) bond motifs is 6. The van der Waals surface area contributed by atoms with Crippen molar-refractivity contribution in [2.45, 2.75) is 0 Å². The van der Waals surface area contributed by atoms with Crippen molar-refractivity contribution in [3.63, 3.8) is 0 Å². The summed E-state index contributed by atoms with van der Waals surface area (Å²) in [4.78, 5) is 13.7. The fraction of sp³-hybridized carbons (Fsp3) is 0. The van der Waals surface area contributed by atoms with E-state index in [-0.39, 0.29) is 28.6 Å². The molecule has 9 rings (SSSR count). The van der Waals surface area contributed by atoms with E-state index in [9.17, 15) is 0 Å². The van der Waals surface area contributed by atoms with Crippen LogP contribution in [0.4, 0.5) is 0 Å². The maximum atomic E-state index is 8.68. The smallest absolute Gasteiger partial charge is 0.164 e. The Morgan fingerprint density at radius 2 is 1.11 bits per heavy atom. The SMILES string of the molecule is [2H]c1c([2H])c([2H])c(-c2nc(-c3c([2H])c([2H])c([2H])c([2H])c3[2H])nc(-c3cccc4oc5ccc(-n6c7ccccc7c7ccccc76)cc5c34)n2)c([2H])c1[2H]. The van der Waals surface area contributed by atoms with Gasteiger partial charge in [0.2, 0.25) is 0 Å². The fourth-order valence-corrected chi connectivity index (χ4v) is 5.78. The number of para-hydroxylation sites is 2. The Kier molecular flexibility index (Phi) is 3.66. The molecule has 0 atom stereocenters. The number of rotatable bonds is 4. The van der Waals surface area contributed by atoms with E-state index in [1.807, 2.05) is 42.5 Å². The molecule has 5 nitrogen and oxygen atoms in total. The van der Waals surface area contributed by atoms with Crippen LogP contribution < -0.4 is 0 Å². The average Bonchev–Trinajstić information content (AvgIpc) is 3.73. The maximum absolute atomic E-state index is 8.68. The molecule has 0 bridgehead atoms. The first-order chi connectivity index (χ1) is 26.0. The third-order valence-electron chi connectivity index (χ3n) is 7.64. The van der Waals surface area contributed by atoms with E-state index in [1.165, 1.54) is 0 Å². The van der Waals surface area contributed by atoms with E-state index in [1.54, 1.807) is 18.2 Å². The van der Waals surface area contributed by atoms with Gasteiger partial charge in [-0.1, -0.05) is 109 Å². The number of nitrogens with zero attached hydrogens (tertiary/aromatic N) is 4. The van der Waals surface area contributed by atoms with E-state index in [2.05, 4.69) is 43.8 Å². The van der Waals surface area contributed by atoms with Crippen LogP contribution in [0.3, 0.4) is 0 Å². The first-order valence-electron chi connectivity index (χ1n) is 18.8. The van der Waals surface area contributed by atoms with Crippen molar-refractivity contribution >= 4 is 43.7 Å². The van der Waals surface area contributed by atoms with Gasteiger partial charge in [-0.2, -0.15) is 0 Å². The molecule has 3 heterocycles. The highest BCUT2D eigenvalue weighted by molar-refractivity contribution is 6.13. The minimum Gasteiger partial charge on any atom is -0.456 e. The van der Waals surface area contributed by atoms with Gasteiger partial charge in [0.1, 0.15) is 11.2 Å². The van der Waals surface area contributed by atoms with Crippen molar-refractivity contribution in [1.82, 2.24) is 19.5 Å². The van der Waals surface area contributed by atoms with Gasteiger partial charge in [0.25, 0.3) is 0 Å². The molecular formula is C39H24N4O. The van der Waals surface area contributed by atoms with Crippen LogP contribution in [0.1, 0.15) is 13.7 Å². The van der Waals surface area contributed by atoms with Gasteiger partial charge in [-0.3, -0.25) is 0 Å². The minimum absolute atomic E-state index is 0.0378. The van der Waals surface area contributed by atoms with Crippen LogP contribution in [-0.2, 0) is 0 Å². The van der Waals surface area contributed by atoms with E-state index in [0.717, 1.165) is 27.5 Å². The van der Waals surface area contributed by atoms with Gasteiger partial charge in [-0.25, -0.2) is 15.0 Å². The third-order valence-corrected chi connectivity index (χ3v) is 7.64. The van der Waals surface area contributed by atoms with Gasteiger partial charge in [-0.15, -0.1) is 0 Å². The summed E-state index contributed by atoms with van der Waals surface area (Å²) >= 11 is 0. The van der Waals surface area contributed by atoms with E-state index >= 15 is 0 Å². The first-order valence-corrected chi connectivity index (χ1v) is 13.8. The summed E-state index contributed by atoms with van der Waals surface area (Å²) in [7, 11) is 0. The van der Waals surface area contributed by atoms with Crippen LogP contribution in [0.2, 0.25) is 0 Å². The molecule has 9 aromatic rings. The topological polar surface area (TPSA) is 56.7 Å². The van der Waals surface area contributed by atoms with Crippen molar-refractivity contribution in [1.29, 1.82) is 0 Å². The second-order valence-electron chi connectivity index (χ2n) is 10.1. The van der Waals surface area contributed by atoms with Crippen molar-refractivity contribution in [3.05, 3.63) is 145 Å². The predicted molar refractivity (Wildman–Crippen MR) is 178 cm³/mol. The lowest BCUT2D eigenvalue weighted by Crippen LogP contribution is -2.00. The molecule has 0 saturated carbocycles. The molecule has 0 aliphatic heterocycles. The monoisotopic (exact) mass is 574 g/mol. The Labute approximate surface area is 266 Å². The van der Waals surface area contributed by atoms with Gasteiger partial charge in [0.15, 0.2) is 17.5 Å². The Bertz CT molecular complexity index is 2880. The molecule has 0 saturated heterocycles. The molecule has 206 valence electrons. The second-order valence-corrected chi connectivity index (χ2v) is 10.1. The van der Waals surface area contributed by atoms with Gasteiger partial charge in [-0.05, 0) is 36.4 Å². The van der Waals surface area contributed by atoms with Crippen LogP contribution in [0.25, 0.3) is 83.6 Å². The summed E-state index contributed by atoms with van der Waals surface area (Å²) in [6, 6.07) is 21.4.